The van der Waals surface area contributed by atoms with Crippen LogP contribution < -0.4 is 0 Å². The van der Waals surface area contributed by atoms with E-state index in [-0.39, 0.29) is 5.92 Å². The van der Waals surface area contributed by atoms with Crippen LogP contribution in [0.3, 0.4) is 0 Å². The molecule has 1 atom stereocenters. The zero-order chi connectivity index (χ0) is 20.3. The van der Waals surface area contributed by atoms with Gasteiger partial charge in [0, 0.05) is 18.7 Å². The molecule has 1 aliphatic rings. The van der Waals surface area contributed by atoms with Gasteiger partial charge < -0.3 is 0 Å². The van der Waals surface area contributed by atoms with Crippen LogP contribution in [-0.4, -0.2) is 19.3 Å². The van der Waals surface area contributed by atoms with Crippen molar-refractivity contribution in [2.45, 2.75) is 58.3 Å². The molecule has 0 N–H and O–H groups in total. The number of hydrogen-bond donors (Lipinski definition) is 0. The van der Waals surface area contributed by atoms with Crippen molar-refractivity contribution in [2.75, 3.05) is 6.54 Å². The van der Waals surface area contributed by atoms with Gasteiger partial charge in [-0.15, -0.1) is 0 Å². The van der Waals surface area contributed by atoms with Crippen LogP contribution in [0.1, 0.15) is 49.8 Å². The third-order valence-corrected chi connectivity index (χ3v) is 7.55. The molecule has 150 valence electrons. The van der Waals surface area contributed by atoms with Gasteiger partial charge in [0.05, 0.1) is 4.90 Å². The highest BCUT2D eigenvalue weighted by molar-refractivity contribution is 7.89. The fourth-order valence-corrected chi connectivity index (χ4v) is 5.57. The fourth-order valence-electron chi connectivity index (χ4n) is 3.94. The van der Waals surface area contributed by atoms with Crippen molar-refractivity contribution in [3.63, 3.8) is 0 Å². The van der Waals surface area contributed by atoms with Gasteiger partial charge in [-0.3, -0.25) is 4.31 Å². The molecule has 0 saturated carbocycles. The van der Waals surface area contributed by atoms with Crippen molar-refractivity contribution < 1.29 is 8.42 Å². The van der Waals surface area contributed by atoms with E-state index in [1.165, 1.54) is 16.7 Å². The summed E-state index contributed by atoms with van der Waals surface area (Å²) in [5, 5.41) is 0. The molecule has 0 spiro atoms. The first kappa shape index (κ1) is 20.7. The number of hydrogen-bond acceptors (Lipinski definition) is 2. The molecule has 0 saturated heterocycles. The maximum Gasteiger partial charge on any atom is 0.264 e. The number of allylic oxidation sites excluding steroid dienone is 1. The average molecular weight is 398 g/mol. The molecule has 0 fully saturated rings. The van der Waals surface area contributed by atoms with Crippen molar-refractivity contribution in [3.05, 3.63) is 76.5 Å². The Morgan fingerprint density at radius 1 is 1.04 bits per heavy atom. The van der Waals surface area contributed by atoms with Crippen molar-refractivity contribution in [2.24, 2.45) is 5.92 Å². The second kappa shape index (κ2) is 8.52. The topological polar surface area (TPSA) is 37.4 Å². The van der Waals surface area contributed by atoms with E-state index in [0.29, 0.717) is 17.9 Å². The molecule has 3 rings (SSSR count). The molecule has 0 amide bonds. The minimum Gasteiger partial charge on any atom is -0.269 e. The Labute approximate surface area is 170 Å². The highest BCUT2D eigenvalue weighted by atomic mass is 32.2. The molecule has 2 aromatic carbocycles. The second-order valence-electron chi connectivity index (χ2n) is 7.93. The summed E-state index contributed by atoms with van der Waals surface area (Å²) in [6.45, 7) is 8.95. The van der Waals surface area contributed by atoms with Gasteiger partial charge in [-0.25, -0.2) is 8.42 Å². The van der Waals surface area contributed by atoms with Gasteiger partial charge >= 0.3 is 0 Å². The van der Waals surface area contributed by atoms with Crippen molar-refractivity contribution in [1.82, 2.24) is 4.31 Å². The third-order valence-electron chi connectivity index (χ3n) is 5.73. The molecule has 1 heterocycles. The summed E-state index contributed by atoms with van der Waals surface area (Å²) in [6, 6.07) is 15.5. The molecule has 0 aromatic heterocycles. The number of nitrogens with zero attached hydrogens (tertiary/aromatic N) is 1. The molecule has 2 aromatic rings. The zero-order valence-electron chi connectivity index (χ0n) is 17.4. The van der Waals surface area contributed by atoms with E-state index in [1.807, 2.05) is 31.2 Å². The molecule has 3 nitrogen and oxygen atoms in total. The van der Waals surface area contributed by atoms with Gasteiger partial charge in [-0.05, 0) is 61.4 Å². The molecular formula is C24H31NO2S. The summed E-state index contributed by atoms with van der Waals surface area (Å²) in [4.78, 5) is 0.379. The lowest BCUT2D eigenvalue weighted by Crippen LogP contribution is -2.30. The SMILES string of the molecule is CCCCC1=C(Cc2ccccc2C)N(S(=O)(=O)c2ccc(C)cc2)CC1C. The third kappa shape index (κ3) is 4.17. The molecule has 0 radical (unpaired) electrons. The van der Waals surface area contributed by atoms with Crippen LogP contribution in [0, 0.1) is 19.8 Å². The summed E-state index contributed by atoms with van der Waals surface area (Å²) < 4.78 is 28.7. The lowest BCUT2D eigenvalue weighted by atomic mass is 9.94. The van der Waals surface area contributed by atoms with E-state index in [9.17, 15) is 8.42 Å². The summed E-state index contributed by atoms with van der Waals surface area (Å²) in [5.41, 5.74) is 5.76. The fraction of sp³-hybridized carbons (Fsp3) is 0.417. The van der Waals surface area contributed by atoms with Crippen LogP contribution in [0.2, 0.25) is 0 Å². The standard InChI is InChI=1S/C24H31NO2S/c1-5-6-11-23-20(4)17-25(24(23)16-21-10-8-7-9-19(21)3)28(26,27)22-14-12-18(2)13-15-22/h7-10,12-15,20H,5-6,11,16-17H2,1-4H3. The van der Waals surface area contributed by atoms with Gasteiger partial charge in [0.25, 0.3) is 10.0 Å². The maximum absolute atomic E-state index is 13.5. The maximum atomic E-state index is 13.5. The van der Waals surface area contributed by atoms with Crippen LogP contribution in [-0.2, 0) is 16.4 Å². The van der Waals surface area contributed by atoms with Crippen molar-refractivity contribution in [3.8, 4) is 0 Å². The Balaban J connectivity index is 2.04. The smallest absolute Gasteiger partial charge is 0.264 e. The molecular weight excluding hydrogens is 366 g/mol. The van der Waals surface area contributed by atoms with E-state index in [2.05, 4.69) is 32.9 Å². The van der Waals surface area contributed by atoms with Crippen molar-refractivity contribution >= 4 is 10.0 Å². The highest BCUT2D eigenvalue weighted by Gasteiger charge is 2.36. The van der Waals surface area contributed by atoms with E-state index < -0.39 is 10.0 Å². The molecule has 1 unspecified atom stereocenters. The summed E-state index contributed by atoms with van der Waals surface area (Å²) in [7, 11) is -3.55. The molecule has 0 aliphatic carbocycles. The van der Waals surface area contributed by atoms with Crippen LogP contribution in [0.25, 0.3) is 0 Å². The zero-order valence-corrected chi connectivity index (χ0v) is 18.2. The van der Waals surface area contributed by atoms with E-state index in [0.717, 1.165) is 30.5 Å². The minimum absolute atomic E-state index is 0.255. The van der Waals surface area contributed by atoms with Crippen LogP contribution in [0.15, 0.2) is 64.7 Å². The predicted octanol–water partition coefficient (Wildman–Crippen LogP) is 5.63. The normalized spacial score (nSPS) is 17.4. The first-order chi connectivity index (χ1) is 13.3. The first-order valence-electron chi connectivity index (χ1n) is 10.2. The number of sulfonamides is 1. The second-order valence-corrected chi connectivity index (χ2v) is 9.79. The monoisotopic (exact) mass is 397 g/mol. The predicted molar refractivity (Wildman–Crippen MR) is 116 cm³/mol. The summed E-state index contributed by atoms with van der Waals surface area (Å²) in [6.07, 6.45) is 3.84. The Kier molecular flexibility index (Phi) is 6.29. The quantitative estimate of drug-likeness (QED) is 0.607. The number of benzene rings is 2. The van der Waals surface area contributed by atoms with Gasteiger partial charge in [0.1, 0.15) is 0 Å². The highest BCUT2D eigenvalue weighted by Crippen LogP contribution is 2.37. The van der Waals surface area contributed by atoms with Gasteiger partial charge in [-0.1, -0.05) is 62.2 Å². The number of aryl methyl sites for hydroxylation is 2. The Morgan fingerprint density at radius 2 is 1.71 bits per heavy atom. The molecule has 28 heavy (non-hydrogen) atoms. The lowest BCUT2D eigenvalue weighted by molar-refractivity contribution is 0.468. The van der Waals surface area contributed by atoms with Gasteiger partial charge in [-0.2, -0.15) is 0 Å². The van der Waals surface area contributed by atoms with E-state index in [1.54, 1.807) is 16.4 Å². The van der Waals surface area contributed by atoms with E-state index >= 15 is 0 Å². The lowest BCUT2D eigenvalue weighted by Gasteiger charge is -2.24. The molecule has 1 aliphatic heterocycles. The van der Waals surface area contributed by atoms with Gasteiger partial charge in [0.15, 0.2) is 0 Å². The number of unbranched alkanes of at least 4 members (excludes halogenated alkanes) is 1. The minimum atomic E-state index is -3.55. The first-order valence-corrected chi connectivity index (χ1v) is 11.6. The average Bonchev–Trinajstić information content (AvgIpc) is 2.98. The molecule has 4 heteroatoms. The van der Waals surface area contributed by atoms with Crippen LogP contribution in [0.5, 0.6) is 0 Å². The Morgan fingerprint density at radius 3 is 2.36 bits per heavy atom. The summed E-state index contributed by atoms with van der Waals surface area (Å²) in [5.74, 6) is 0.255. The summed E-state index contributed by atoms with van der Waals surface area (Å²) >= 11 is 0. The van der Waals surface area contributed by atoms with E-state index in [4.69, 9.17) is 0 Å². The van der Waals surface area contributed by atoms with Crippen LogP contribution in [0.4, 0.5) is 0 Å². The van der Waals surface area contributed by atoms with Gasteiger partial charge in [0.2, 0.25) is 0 Å². The van der Waals surface area contributed by atoms with Crippen molar-refractivity contribution in [1.29, 1.82) is 0 Å². The van der Waals surface area contributed by atoms with Crippen LogP contribution >= 0.6 is 0 Å². The largest absolute Gasteiger partial charge is 0.269 e. The molecule has 0 bridgehead atoms. The Hall–Kier alpha value is -2.07. The number of rotatable bonds is 7. The Bertz CT molecular complexity index is 958.